The van der Waals surface area contributed by atoms with Crippen molar-refractivity contribution in [2.24, 2.45) is 0 Å². The third kappa shape index (κ3) is 1.58. The molecule has 0 atom stereocenters. The van der Waals surface area contributed by atoms with Gasteiger partial charge < -0.3 is 4.90 Å². The summed E-state index contributed by atoms with van der Waals surface area (Å²) in [4.78, 5) is 12.6. The first-order chi connectivity index (χ1) is 5.66. The quantitative estimate of drug-likeness (QED) is 0.762. The zero-order chi connectivity index (χ0) is 9.14. The molecular formula is C7H10ClN3O. The number of halogens is 1. The average molecular weight is 188 g/mol. The predicted molar refractivity (Wildman–Crippen MR) is 47.3 cm³/mol. The summed E-state index contributed by atoms with van der Waals surface area (Å²) >= 11 is 5.75. The summed E-state index contributed by atoms with van der Waals surface area (Å²) in [5.74, 6) is -0.0409. The lowest BCUT2D eigenvalue weighted by Crippen LogP contribution is -2.27. The molecule has 0 aliphatic heterocycles. The minimum atomic E-state index is -0.0409. The van der Waals surface area contributed by atoms with Crippen molar-refractivity contribution in [2.75, 3.05) is 11.4 Å². The number of hydrogen-bond donors (Lipinski definition) is 1. The average Bonchev–Trinajstić information content (AvgIpc) is 2.38. The number of aromatic amines is 1. The van der Waals surface area contributed by atoms with E-state index >= 15 is 0 Å². The lowest BCUT2D eigenvalue weighted by Gasteiger charge is -2.16. The highest BCUT2D eigenvalue weighted by molar-refractivity contribution is 6.32. The summed E-state index contributed by atoms with van der Waals surface area (Å²) in [7, 11) is 0. The Bertz CT molecular complexity index is 284. The Hall–Kier alpha value is -1.03. The van der Waals surface area contributed by atoms with Gasteiger partial charge in [-0.3, -0.25) is 9.89 Å². The van der Waals surface area contributed by atoms with Crippen LogP contribution in [-0.2, 0) is 4.79 Å². The van der Waals surface area contributed by atoms with Gasteiger partial charge in [0.25, 0.3) is 0 Å². The van der Waals surface area contributed by atoms with Crippen molar-refractivity contribution in [2.45, 2.75) is 13.8 Å². The van der Waals surface area contributed by atoms with E-state index in [4.69, 9.17) is 11.6 Å². The van der Waals surface area contributed by atoms with Gasteiger partial charge >= 0.3 is 0 Å². The second kappa shape index (κ2) is 3.58. The molecule has 5 heteroatoms. The molecule has 66 valence electrons. The van der Waals surface area contributed by atoms with Gasteiger partial charge in [-0.25, -0.2) is 0 Å². The largest absolute Gasteiger partial charge is 0.309 e. The van der Waals surface area contributed by atoms with Crippen LogP contribution in [0.15, 0.2) is 6.20 Å². The second-order valence-corrected chi connectivity index (χ2v) is 2.71. The minimum Gasteiger partial charge on any atom is -0.309 e. The fourth-order valence-electron chi connectivity index (χ4n) is 1.01. The van der Waals surface area contributed by atoms with E-state index in [1.54, 1.807) is 4.90 Å². The zero-order valence-corrected chi connectivity index (χ0v) is 7.72. The lowest BCUT2D eigenvalue weighted by atomic mass is 10.4. The number of nitrogens with zero attached hydrogens (tertiary/aromatic N) is 2. The molecule has 1 aromatic heterocycles. The zero-order valence-electron chi connectivity index (χ0n) is 6.97. The van der Waals surface area contributed by atoms with Crippen LogP contribution in [0.25, 0.3) is 0 Å². The topological polar surface area (TPSA) is 49.0 Å². The molecule has 0 aromatic carbocycles. The number of rotatable bonds is 2. The molecule has 1 amide bonds. The van der Waals surface area contributed by atoms with Gasteiger partial charge in [0.15, 0.2) is 0 Å². The van der Waals surface area contributed by atoms with Crippen LogP contribution in [0.3, 0.4) is 0 Å². The summed E-state index contributed by atoms with van der Waals surface area (Å²) in [5, 5.41) is 6.68. The maximum atomic E-state index is 11.1. The van der Waals surface area contributed by atoms with Crippen molar-refractivity contribution in [1.29, 1.82) is 0 Å². The summed E-state index contributed by atoms with van der Waals surface area (Å²) < 4.78 is 0. The highest BCUT2D eigenvalue weighted by atomic mass is 35.5. The van der Waals surface area contributed by atoms with Gasteiger partial charge in [0.2, 0.25) is 5.91 Å². The fourth-order valence-corrected chi connectivity index (χ4v) is 1.21. The molecule has 0 unspecified atom stereocenters. The van der Waals surface area contributed by atoms with Crippen LogP contribution in [0.5, 0.6) is 0 Å². The van der Waals surface area contributed by atoms with Crippen molar-refractivity contribution >= 4 is 23.2 Å². The normalized spacial score (nSPS) is 9.92. The number of nitrogens with one attached hydrogen (secondary N) is 1. The van der Waals surface area contributed by atoms with E-state index in [-0.39, 0.29) is 5.91 Å². The molecule has 1 rings (SSSR count). The van der Waals surface area contributed by atoms with Crippen LogP contribution in [0.2, 0.25) is 5.15 Å². The number of H-pyrrole nitrogens is 1. The standard InChI is InChI=1S/C7H10ClN3O/c1-3-11(5(2)12)6-4-9-10-7(6)8/h4H,3H2,1-2H3,(H,9,10). The first-order valence-electron chi connectivity index (χ1n) is 3.63. The molecule has 0 fully saturated rings. The van der Waals surface area contributed by atoms with E-state index in [1.807, 2.05) is 6.92 Å². The van der Waals surface area contributed by atoms with E-state index in [1.165, 1.54) is 13.1 Å². The van der Waals surface area contributed by atoms with Crippen LogP contribution in [0.1, 0.15) is 13.8 Å². The lowest BCUT2D eigenvalue weighted by molar-refractivity contribution is -0.116. The van der Waals surface area contributed by atoms with Crippen LogP contribution in [0.4, 0.5) is 5.69 Å². The second-order valence-electron chi connectivity index (χ2n) is 2.33. The smallest absolute Gasteiger partial charge is 0.223 e. The first kappa shape index (κ1) is 9.06. The number of carbonyl (C=O) groups excluding carboxylic acids is 1. The highest BCUT2D eigenvalue weighted by Gasteiger charge is 2.13. The molecule has 0 aliphatic rings. The van der Waals surface area contributed by atoms with Crippen molar-refractivity contribution in [3.05, 3.63) is 11.3 Å². The van der Waals surface area contributed by atoms with E-state index in [9.17, 15) is 4.79 Å². The summed E-state index contributed by atoms with van der Waals surface area (Å²) in [6.07, 6.45) is 1.53. The number of amides is 1. The summed E-state index contributed by atoms with van der Waals surface area (Å²) in [5.41, 5.74) is 0.631. The molecule has 4 nitrogen and oxygen atoms in total. The van der Waals surface area contributed by atoms with E-state index < -0.39 is 0 Å². The Labute approximate surface area is 75.5 Å². The maximum absolute atomic E-state index is 11.1. The van der Waals surface area contributed by atoms with Gasteiger partial charge in [-0.05, 0) is 6.92 Å². The SMILES string of the molecule is CCN(C(C)=O)c1cn[nH]c1Cl. The van der Waals surface area contributed by atoms with E-state index in [0.29, 0.717) is 17.4 Å². The molecule has 1 N–H and O–H groups in total. The number of aromatic nitrogens is 2. The van der Waals surface area contributed by atoms with Gasteiger partial charge in [-0.15, -0.1) is 0 Å². The van der Waals surface area contributed by atoms with Gasteiger partial charge in [0.1, 0.15) is 10.8 Å². The van der Waals surface area contributed by atoms with E-state index in [0.717, 1.165) is 0 Å². The minimum absolute atomic E-state index is 0.0409. The molecule has 0 spiro atoms. The fraction of sp³-hybridized carbons (Fsp3) is 0.429. The van der Waals surface area contributed by atoms with Gasteiger partial charge in [-0.2, -0.15) is 5.10 Å². The Morgan fingerprint density at radius 2 is 2.50 bits per heavy atom. The highest BCUT2D eigenvalue weighted by Crippen LogP contribution is 2.21. The maximum Gasteiger partial charge on any atom is 0.223 e. The number of anilines is 1. The third-order valence-electron chi connectivity index (χ3n) is 1.56. The summed E-state index contributed by atoms with van der Waals surface area (Å²) in [6, 6.07) is 0. The van der Waals surface area contributed by atoms with Gasteiger partial charge in [0.05, 0.1) is 6.20 Å². The molecule has 0 saturated heterocycles. The monoisotopic (exact) mass is 187 g/mol. The van der Waals surface area contributed by atoms with Gasteiger partial charge in [-0.1, -0.05) is 11.6 Å². The molecule has 0 radical (unpaired) electrons. The van der Waals surface area contributed by atoms with Crippen molar-refractivity contribution in [1.82, 2.24) is 10.2 Å². The third-order valence-corrected chi connectivity index (χ3v) is 1.84. The Morgan fingerprint density at radius 1 is 1.83 bits per heavy atom. The Morgan fingerprint density at radius 3 is 2.83 bits per heavy atom. The van der Waals surface area contributed by atoms with Crippen molar-refractivity contribution in [3.63, 3.8) is 0 Å². The van der Waals surface area contributed by atoms with Gasteiger partial charge in [0, 0.05) is 13.5 Å². The molecule has 0 aliphatic carbocycles. The molecule has 12 heavy (non-hydrogen) atoms. The Kier molecular flexibility index (Phi) is 2.70. The van der Waals surface area contributed by atoms with Crippen LogP contribution >= 0.6 is 11.6 Å². The number of carbonyl (C=O) groups is 1. The van der Waals surface area contributed by atoms with Crippen molar-refractivity contribution in [3.8, 4) is 0 Å². The summed E-state index contributed by atoms with van der Waals surface area (Å²) in [6.45, 7) is 3.96. The Balaban J connectivity index is 2.94. The first-order valence-corrected chi connectivity index (χ1v) is 4.01. The molecule has 0 saturated carbocycles. The van der Waals surface area contributed by atoms with Crippen LogP contribution in [0, 0.1) is 0 Å². The number of hydrogen-bond acceptors (Lipinski definition) is 2. The van der Waals surface area contributed by atoms with Crippen LogP contribution < -0.4 is 4.90 Å². The molecule has 0 bridgehead atoms. The van der Waals surface area contributed by atoms with E-state index in [2.05, 4.69) is 10.2 Å². The molecule has 1 aromatic rings. The molecular weight excluding hydrogens is 178 g/mol. The van der Waals surface area contributed by atoms with Crippen LogP contribution in [-0.4, -0.2) is 22.6 Å². The van der Waals surface area contributed by atoms with Crippen molar-refractivity contribution < 1.29 is 4.79 Å². The molecule has 1 heterocycles. The predicted octanol–water partition coefficient (Wildman–Crippen LogP) is 1.44.